The molecule has 5 nitrogen and oxygen atoms in total. The Morgan fingerprint density at radius 2 is 2.00 bits per heavy atom. The first-order chi connectivity index (χ1) is 12.6. The third-order valence-corrected chi connectivity index (χ3v) is 5.89. The summed E-state index contributed by atoms with van der Waals surface area (Å²) in [6.07, 6.45) is 0.573. The van der Waals surface area contributed by atoms with Gasteiger partial charge in [0.1, 0.15) is 6.61 Å². The minimum atomic E-state index is -0.361. The number of carbonyl (C=O) groups excluding carboxylic acids is 2. The van der Waals surface area contributed by atoms with E-state index in [4.69, 9.17) is 4.74 Å². The normalized spacial score (nSPS) is 19.7. The molecule has 1 atom stereocenters. The molecule has 0 saturated carbocycles. The molecule has 2 aliphatic rings. The summed E-state index contributed by atoms with van der Waals surface area (Å²) >= 11 is 1.81. The second-order valence-electron chi connectivity index (χ2n) is 6.46. The molecule has 0 aromatic heterocycles. The van der Waals surface area contributed by atoms with Gasteiger partial charge in [-0.1, -0.05) is 25.1 Å². The maximum atomic E-state index is 13.3. The van der Waals surface area contributed by atoms with Gasteiger partial charge in [0.05, 0.1) is 12.2 Å². The van der Waals surface area contributed by atoms with Crippen LogP contribution in [0.4, 0.5) is 16.2 Å². The molecule has 2 heterocycles. The number of nitrogens with zero attached hydrogens (tertiary/aromatic N) is 2. The Morgan fingerprint density at radius 1 is 1.15 bits per heavy atom. The van der Waals surface area contributed by atoms with E-state index < -0.39 is 0 Å². The summed E-state index contributed by atoms with van der Waals surface area (Å²) in [5.74, 6) is -0.0402. The molecule has 4 rings (SSSR count). The molecule has 6 heteroatoms. The van der Waals surface area contributed by atoms with Crippen molar-refractivity contribution in [1.29, 1.82) is 0 Å². The fourth-order valence-corrected chi connectivity index (χ4v) is 4.40. The second kappa shape index (κ2) is 7.03. The quantitative estimate of drug-likeness (QED) is 0.798. The van der Waals surface area contributed by atoms with Gasteiger partial charge in [-0.05, 0) is 36.8 Å². The van der Waals surface area contributed by atoms with Gasteiger partial charge in [0.25, 0.3) is 5.91 Å². The van der Waals surface area contributed by atoms with Crippen LogP contribution < -0.4 is 9.80 Å². The van der Waals surface area contributed by atoms with Crippen molar-refractivity contribution in [2.24, 2.45) is 0 Å². The maximum absolute atomic E-state index is 13.3. The Bertz CT molecular complexity index is 854. The summed E-state index contributed by atoms with van der Waals surface area (Å²) in [6.45, 7) is 3.76. The predicted molar refractivity (Wildman–Crippen MR) is 103 cm³/mol. The molecule has 0 spiro atoms. The Morgan fingerprint density at radius 3 is 2.81 bits per heavy atom. The standard InChI is InChI=1S/C20H20N2O3S/c1-14-9-10-22(17-7-2-3-8-18(17)26-14)19(23)15-5-4-6-16(13-15)21-11-12-25-20(21)24/h2-8,13-14H,9-12H2,1H3. The Labute approximate surface area is 156 Å². The van der Waals surface area contributed by atoms with Crippen LogP contribution in [-0.4, -0.2) is 36.9 Å². The lowest BCUT2D eigenvalue weighted by atomic mass is 10.1. The van der Waals surface area contributed by atoms with Crippen LogP contribution in [0.25, 0.3) is 0 Å². The minimum Gasteiger partial charge on any atom is -0.447 e. The van der Waals surface area contributed by atoms with Gasteiger partial charge in [0.15, 0.2) is 0 Å². The topological polar surface area (TPSA) is 49.9 Å². The van der Waals surface area contributed by atoms with Crippen LogP contribution >= 0.6 is 11.8 Å². The lowest BCUT2D eigenvalue weighted by molar-refractivity contribution is 0.0986. The third kappa shape index (κ3) is 3.17. The van der Waals surface area contributed by atoms with E-state index in [0.29, 0.717) is 36.2 Å². The Kier molecular flexibility index (Phi) is 4.59. The number of rotatable bonds is 2. The number of benzene rings is 2. The number of fused-ring (bicyclic) bond motifs is 1. The first-order valence-electron chi connectivity index (χ1n) is 8.75. The summed E-state index contributed by atoms with van der Waals surface area (Å²) in [6, 6.07) is 15.3. The van der Waals surface area contributed by atoms with Gasteiger partial charge < -0.3 is 9.64 Å². The zero-order chi connectivity index (χ0) is 18.1. The number of para-hydroxylation sites is 1. The number of anilines is 2. The summed E-state index contributed by atoms with van der Waals surface area (Å²) in [4.78, 5) is 29.6. The number of hydrogen-bond donors (Lipinski definition) is 0. The average Bonchev–Trinajstić information content (AvgIpc) is 3.01. The molecule has 134 valence electrons. The lowest BCUT2D eigenvalue weighted by Gasteiger charge is -2.23. The summed E-state index contributed by atoms with van der Waals surface area (Å²) < 4.78 is 5.00. The van der Waals surface area contributed by atoms with Crippen LogP contribution in [0.5, 0.6) is 0 Å². The largest absolute Gasteiger partial charge is 0.447 e. The molecule has 1 fully saturated rings. The number of carbonyl (C=O) groups is 2. The van der Waals surface area contributed by atoms with Crippen molar-refractivity contribution >= 4 is 35.1 Å². The van der Waals surface area contributed by atoms with Gasteiger partial charge in [-0.25, -0.2) is 4.79 Å². The van der Waals surface area contributed by atoms with E-state index in [1.54, 1.807) is 17.0 Å². The number of ether oxygens (including phenoxy) is 1. The monoisotopic (exact) mass is 368 g/mol. The Hall–Kier alpha value is -2.47. The minimum absolute atomic E-state index is 0.0402. The van der Waals surface area contributed by atoms with Crippen molar-refractivity contribution in [3.8, 4) is 0 Å². The molecular weight excluding hydrogens is 348 g/mol. The van der Waals surface area contributed by atoms with Crippen LogP contribution in [0.15, 0.2) is 53.4 Å². The average molecular weight is 368 g/mol. The smallest absolute Gasteiger partial charge is 0.414 e. The van der Waals surface area contributed by atoms with Gasteiger partial charge in [0.2, 0.25) is 0 Å². The van der Waals surface area contributed by atoms with E-state index in [1.807, 2.05) is 47.0 Å². The summed E-state index contributed by atoms with van der Waals surface area (Å²) in [7, 11) is 0. The van der Waals surface area contributed by atoms with Crippen LogP contribution in [0.2, 0.25) is 0 Å². The number of thioether (sulfide) groups is 1. The van der Waals surface area contributed by atoms with Crippen molar-refractivity contribution in [3.05, 3.63) is 54.1 Å². The zero-order valence-corrected chi connectivity index (χ0v) is 15.4. The molecule has 26 heavy (non-hydrogen) atoms. The van der Waals surface area contributed by atoms with Crippen LogP contribution in [0.3, 0.4) is 0 Å². The van der Waals surface area contributed by atoms with E-state index in [2.05, 4.69) is 13.0 Å². The molecule has 0 radical (unpaired) electrons. The summed E-state index contributed by atoms with van der Waals surface area (Å²) in [5, 5.41) is 0.458. The highest BCUT2D eigenvalue weighted by Crippen LogP contribution is 2.38. The fraction of sp³-hybridized carbons (Fsp3) is 0.300. The molecule has 0 N–H and O–H groups in total. The maximum Gasteiger partial charge on any atom is 0.414 e. The number of hydrogen-bond acceptors (Lipinski definition) is 4. The highest BCUT2D eigenvalue weighted by Gasteiger charge is 2.27. The predicted octanol–water partition coefficient (Wildman–Crippen LogP) is 4.17. The molecule has 2 amide bonds. The van der Waals surface area contributed by atoms with Crippen LogP contribution in [0, 0.1) is 0 Å². The molecule has 2 aromatic carbocycles. The van der Waals surface area contributed by atoms with Crippen molar-refractivity contribution in [2.75, 3.05) is 29.5 Å². The first-order valence-corrected chi connectivity index (χ1v) is 9.63. The van der Waals surface area contributed by atoms with Gasteiger partial charge in [-0.3, -0.25) is 9.69 Å². The Balaban J connectivity index is 1.66. The summed E-state index contributed by atoms with van der Waals surface area (Å²) in [5.41, 5.74) is 2.23. The van der Waals surface area contributed by atoms with Crippen LogP contribution in [-0.2, 0) is 4.74 Å². The molecule has 0 aliphatic carbocycles. The number of cyclic esters (lactones) is 1. The van der Waals surface area contributed by atoms with E-state index in [9.17, 15) is 9.59 Å². The first kappa shape index (κ1) is 17.0. The van der Waals surface area contributed by atoms with Gasteiger partial charge >= 0.3 is 6.09 Å². The molecule has 2 aromatic rings. The molecule has 0 bridgehead atoms. The lowest BCUT2D eigenvalue weighted by Crippen LogP contribution is -2.32. The third-order valence-electron chi connectivity index (χ3n) is 4.65. The zero-order valence-electron chi connectivity index (χ0n) is 14.6. The second-order valence-corrected chi connectivity index (χ2v) is 7.94. The van der Waals surface area contributed by atoms with E-state index in [1.165, 1.54) is 0 Å². The van der Waals surface area contributed by atoms with Crippen molar-refractivity contribution < 1.29 is 14.3 Å². The van der Waals surface area contributed by atoms with Crippen molar-refractivity contribution in [3.63, 3.8) is 0 Å². The number of amides is 2. The van der Waals surface area contributed by atoms with Gasteiger partial charge in [0, 0.05) is 27.9 Å². The molecule has 1 saturated heterocycles. The van der Waals surface area contributed by atoms with E-state index >= 15 is 0 Å². The molecule has 2 aliphatic heterocycles. The highest BCUT2D eigenvalue weighted by atomic mass is 32.2. The highest BCUT2D eigenvalue weighted by molar-refractivity contribution is 8.00. The van der Waals surface area contributed by atoms with E-state index in [0.717, 1.165) is 17.0 Å². The van der Waals surface area contributed by atoms with Crippen LogP contribution in [0.1, 0.15) is 23.7 Å². The van der Waals surface area contributed by atoms with Gasteiger partial charge in [-0.15, -0.1) is 11.8 Å². The van der Waals surface area contributed by atoms with Gasteiger partial charge in [-0.2, -0.15) is 0 Å². The van der Waals surface area contributed by atoms with Crippen molar-refractivity contribution in [1.82, 2.24) is 0 Å². The SMILES string of the molecule is CC1CCN(C(=O)c2cccc(N3CCOC3=O)c2)c2ccccc2S1. The molecule has 1 unspecified atom stereocenters. The fourth-order valence-electron chi connectivity index (χ4n) is 3.29. The molecular formula is C20H20N2O3S. The van der Waals surface area contributed by atoms with Crippen molar-refractivity contribution in [2.45, 2.75) is 23.5 Å². The van der Waals surface area contributed by atoms with E-state index in [-0.39, 0.29) is 12.0 Å².